The monoisotopic (exact) mass is 214 g/mol. The van der Waals surface area contributed by atoms with Crippen LogP contribution in [0.3, 0.4) is 0 Å². The van der Waals surface area contributed by atoms with Crippen molar-refractivity contribution in [3.05, 3.63) is 29.1 Å². The summed E-state index contributed by atoms with van der Waals surface area (Å²) in [5.41, 5.74) is 1.21. The maximum absolute atomic E-state index is 11.4. The summed E-state index contributed by atoms with van der Waals surface area (Å²) in [6.07, 6.45) is 1.47. The van der Waals surface area contributed by atoms with Crippen molar-refractivity contribution < 1.29 is 9.53 Å². The summed E-state index contributed by atoms with van der Waals surface area (Å²) in [5.74, 6) is -0.433. The molecule has 0 unspecified atom stereocenters. The minimum absolute atomic E-state index is 0.0225. The molecule has 4 nitrogen and oxygen atoms in total. The highest BCUT2D eigenvalue weighted by molar-refractivity contribution is 6.29. The van der Waals surface area contributed by atoms with Gasteiger partial charge in [0, 0.05) is 17.8 Å². The van der Waals surface area contributed by atoms with Crippen LogP contribution >= 0.6 is 11.6 Å². The van der Waals surface area contributed by atoms with Crippen molar-refractivity contribution >= 4 is 17.6 Å². The Morgan fingerprint density at radius 1 is 1.79 bits per heavy atom. The van der Waals surface area contributed by atoms with Crippen LogP contribution in [0.5, 0.6) is 0 Å². The van der Waals surface area contributed by atoms with E-state index in [9.17, 15) is 4.79 Å². The number of carbonyl (C=O) groups is 1. The van der Waals surface area contributed by atoms with Gasteiger partial charge in [0.15, 0.2) is 0 Å². The van der Waals surface area contributed by atoms with Crippen LogP contribution in [-0.4, -0.2) is 22.4 Å². The van der Waals surface area contributed by atoms with E-state index in [1.165, 1.54) is 6.20 Å². The summed E-state index contributed by atoms with van der Waals surface area (Å²) >= 11 is 5.46. The van der Waals surface area contributed by atoms with Gasteiger partial charge >= 0.3 is 5.97 Å². The van der Waals surface area contributed by atoms with E-state index in [0.717, 1.165) is 5.69 Å². The molecule has 14 heavy (non-hydrogen) atoms. The summed E-state index contributed by atoms with van der Waals surface area (Å²) in [5, 5.41) is 4.22. The molecule has 0 aliphatic carbocycles. The molecule has 0 fully saturated rings. The molecule has 0 saturated carbocycles. The second-order valence-electron chi connectivity index (χ2n) is 2.86. The van der Waals surface area contributed by atoms with Crippen LogP contribution in [-0.2, 0) is 11.8 Å². The molecule has 0 saturated heterocycles. The molecule has 0 radical (unpaired) electrons. The third-order valence-electron chi connectivity index (χ3n) is 1.82. The molecule has 5 heteroatoms. The molecule has 0 N–H and O–H groups in total. The van der Waals surface area contributed by atoms with Gasteiger partial charge < -0.3 is 4.74 Å². The fraction of sp³-hybridized carbons (Fsp3) is 0.333. The van der Waals surface area contributed by atoms with E-state index < -0.39 is 5.97 Å². The number of esters is 1. The molecule has 0 aliphatic heterocycles. The van der Waals surface area contributed by atoms with E-state index in [0.29, 0.717) is 10.6 Å². The molecule has 0 spiro atoms. The third-order valence-corrected chi connectivity index (χ3v) is 1.92. The Kier molecular flexibility index (Phi) is 3.30. The number of carbonyl (C=O) groups excluding carboxylic acids is 1. The zero-order valence-corrected chi connectivity index (χ0v) is 8.84. The minimum Gasteiger partial charge on any atom is -0.456 e. The van der Waals surface area contributed by atoms with Crippen LogP contribution in [0.1, 0.15) is 16.1 Å². The van der Waals surface area contributed by atoms with Crippen LogP contribution in [0.4, 0.5) is 0 Å². The first-order valence-electron chi connectivity index (χ1n) is 4.01. The van der Waals surface area contributed by atoms with Crippen molar-refractivity contribution in [2.75, 3.05) is 6.61 Å². The molecular formula is C9H11ClN2O2. The van der Waals surface area contributed by atoms with Crippen LogP contribution in [0.15, 0.2) is 17.8 Å². The van der Waals surface area contributed by atoms with Crippen LogP contribution < -0.4 is 0 Å². The zero-order chi connectivity index (χ0) is 10.7. The van der Waals surface area contributed by atoms with Gasteiger partial charge in [-0.1, -0.05) is 18.2 Å². The normalized spacial score (nSPS) is 9.93. The van der Waals surface area contributed by atoms with Gasteiger partial charge in [0.05, 0.1) is 6.20 Å². The first kappa shape index (κ1) is 10.8. The number of nitrogens with zero attached hydrogens (tertiary/aromatic N) is 2. The van der Waals surface area contributed by atoms with Crippen molar-refractivity contribution in [2.45, 2.75) is 6.92 Å². The predicted octanol–water partition coefficient (Wildman–Crippen LogP) is 1.64. The Morgan fingerprint density at radius 3 is 2.86 bits per heavy atom. The molecular weight excluding hydrogens is 204 g/mol. The molecule has 1 aromatic heterocycles. The van der Waals surface area contributed by atoms with E-state index in [-0.39, 0.29) is 6.61 Å². The smallest absolute Gasteiger partial charge is 0.341 e. The number of aromatic nitrogens is 2. The molecule has 1 aromatic rings. The van der Waals surface area contributed by atoms with E-state index >= 15 is 0 Å². The summed E-state index contributed by atoms with van der Waals surface area (Å²) in [6, 6.07) is 0. The quantitative estimate of drug-likeness (QED) is 0.719. The molecule has 1 rings (SSSR count). The lowest BCUT2D eigenvalue weighted by molar-refractivity contribution is 0.0545. The maximum Gasteiger partial charge on any atom is 0.341 e. The van der Waals surface area contributed by atoms with Gasteiger partial charge in [0.2, 0.25) is 0 Å². The highest BCUT2D eigenvalue weighted by Crippen LogP contribution is 2.08. The first-order chi connectivity index (χ1) is 6.52. The lowest BCUT2D eigenvalue weighted by Gasteiger charge is -2.02. The van der Waals surface area contributed by atoms with Gasteiger partial charge in [-0.25, -0.2) is 4.79 Å². The first-order valence-corrected chi connectivity index (χ1v) is 4.39. The summed E-state index contributed by atoms with van der Waals surface area (Å²) in [7, 11) is 1.76. The van der Waals surface area contributed by atoms with Crippen molar-refractivity contribution in [1.82, 2.24) is 9.78 Å². The SMILES string of the molecule is C=C(Cl)COC(=O)c1cnn(C)c1C. The molecule has 76 valence electrons. The molecule has 0 aromatic carbocycles. The fourth-order valence-corrected chi connectivity index (χ4v) is 0.975. The Hall–Kier alpha value is -1.29. The number of aryl methyl sites for hydroxylation is 1. The van der Waals surface area contributed by atoms with E-state index in [4.69, 9.17) is 16.3 Å². The minimum atomic E-state index is -0.433. The van der Waals surface area contributed by atoms with Crippen molar-refractivity contribution in [3.63, 3.8) is 0 Å². The average molecular weight is 215 g/mol. The zero-order valence-electron chi connectivity index (χ0n) is 8.08. The van der Waals surface area contributed by atoms with Crippen molar-refractivity contribution in [3.8, 4) is 0 Å². The van der Waals surface area contributed by atoms with E-state index in [1.54, 1.807) is 18.7 Å². The average Bonchev–Trinajstić information content (AvgIpc) is 2.44. The number of hydrogen-bond acceptors (Lipinski definition) is 3. The Bertz CT molecular complexity index is 371. The van der Waals surface area contributed by atoms with Crippen LogP contribution in [0.2, 0.25) is 0 Å². The molecule has 1 heterocycles. The van der Waals surface area contributed by atoms with Gasteiger partial charge in [-0.15, -0.1) is 0 Å². The second kappa shape index (κ2) is 4.28. The van der Waals surface area contributed by atoms with Crippen LogP contribution in [0, 0.1) is 6.92 Å². The Labute approximate surface area is 87.1 Å². The molecule has 0 amide bonds. The molecule has 0 aliphatic rings. The van der Waals surface area contributed by atoms with Gasteiger partial charge in [-0.2, -0.15) is 5.10 Å². The summed E-state index contributed by atoms with van der Waals surface area (Å²) in [6.45, 7) is 5.23. The molecule has 0 atom stereocenters. The van der Waals surface area contributed by atoms with Crippen LogP contribution in [0.25, 0.3) is 0 Å². The van der Waals surface area contributed by atoms with E-state index in [1.807, 2.05) is 0 Å². The van der Waals surface area contributed by atoms with Gasteiger partial charge in [0.1, 0.15) is 12.2 Å². The number of ether oxygens (including phenoxy) is 1. The highest BCUT2D eigenvalue weighted by Gasteiger charge is 2.13. The number of rotatable bonds is 3. The lowest BCUT2D eigenvalue weighted by Crippen LogP contribution is -2.07. The molecule has 0 bridgehead atoms. The standard InChI is InChI=1S/C9H11ClN2O2/c1-6(10)5-14-9(13)8-4-11-12(3)7(8)2/h4H,1,5H2,2-3H3. The van der Waals surface area contributed by atoms with Gasteiger partial charge in [0.25, 0.3) is 0 Å². The highest BCUT2D eigenvalue weighted by atomic mass is 35.5. The third kappa shape index (κ3) is 2.35. The van der Waals surface area contributed by atoms with Crippen molar-refractivity contribution in [2.24, 2.45) is 7.05 Å². The topological polar surface area (TPSA) is 44.1 Å². The van der Waals surface area contributed by atoms with Gasteiger partial charge in [-0.3, -0.25) is 4.68 Å². The fourth-order valence-electron chi connectivity index (χ4n) is 0.921. The second-order valence-corrected chi connectivity index (χ2v) is 3.40. The number of hydrogen-bond donors (Lipinski definition) is 0. The summed E-state index contributed by atoms with van der Waals surface area (Å²) < 4.78 is 6.46. The van der Waals surface area contributed by atoms with Gasteiger partial charge in [-0.05, 0) is 6.92 Å². The maximum atomic E-state index is 11.4. The Morgan fingerprint density at radius 2 is 2.43 bits per heavy atom. The summed E-state index contributed by atoms with van der Waals surface area (Å²) in [4.78, 5) is 11.4. The predicted molar refractivity (Wildman–Crippen MR) is 53.2 cm³/mol. The number of halogens is 1. The lowest BCUT2D eigenvalue weighted by atomic mass is 10.3. The van der Waals surface area contributed by atoms with E-state index in [2.05, 4.69) is 11.7 Å². The largest absolute Gasteiger partial charge is 0.456 e. The Balaban J connectivity index is 2.70. The van der Waals surface area contributed by atoms with Crippen molar-refractivity contribution in [1.29, 1.82) is 0 Å².